The summed E-state index contributed by atoms with van der Waals surface area (Å²) < 4.78 is 77.4. The van der Waals surface area contributed by atoms with Crippen molar-refractivity contribution in [3.8, 4) is 11.8 Å². The summed E-state index contributed by atoms with van der Waals surface area (Å²) in [6, 6.07) is 14.6. The molecule has 0 amide bonds. The Kier molecular flexibility index (Phi) is 8.62. The minimum Gasteiger partial charge on any atom is -0.493 e. The fourth-order valence-electron chi connectivity index (χ4n) is 4.40. The number of benzene rings is 4. The zero-order chi connectivity index (χ0) is 27.2. The molecule has 0 unspecified atom stereocenters. The molecule has 0 aliphatic heterocycles. The van der Waals surface area contributed by atoms with Crippen LogP contribution >= 0.6 is 0 Å². The van der Waals surface area contributed by atoms with Gasteiger partial charge < -0.3 is 4.74 Å². The average molecular weight is 524 g/mol. The molecular weight excluding hydrogens is 497 g/mol. The Morgan fingerprint density at radius 2 is 1.42 bits per heavy atom. The third kappa shape index (κ3) is 6.13. The lowest BCUT2D eigenvalue weighted by molar-refractivity contribution is 0.305. The smallest absolute Gasteiger partial charge is 0.144 e. The second kappa shape index (κ2) is 12.1. The van der Waals surface area contributed by atoms with Crippen LogP contribution in [-0.2, 0) is 25.7 Å². The summed E-state index contributed by atoms with van der Waals surface area (Å²) in [5, 5.41) is 9.82. The van der Waals surface area contributed by atoms with Crippen molar-refractivity contribution in [2.24, 2.45) is 0 Å². The topological polar surface area (TPSA) is 33.0 Å². The van der Waals surface area contributed by atoms with Gasteiger partial charge >= 0.3 is 0 Å². The molecule has 7 heteroatoms. The molecule has 0 saturated carbocycles. The van der Waals surface area contributed by atoms with Crippen LogP contribution in [0.1, 0.15) is 47.6 Å². The Morgan fingerprint density at radius 3 is 2.08 bits per heavy atom. The van der Waals surface area contributed by atoms with Crippen molar-refractivity contribution in [1.29, 1.82) is 5.26 Å². The second-order valence-corrected chi connectivity index (χ2v) is 9.21. The largest absolute Gasteiger partial charge is 0.493 e. The summed E-state index contributed by atoms with van der Waals surface area (Å²) in [5.41, 5.74) is 0.857. The van der Waals surface area contributed by atoms with Crippen LogP contribution in [-0.4, -0.2) is 6.61 Å². The molecule has 0 bridgehead atoms. The molecule has 4 aromatic carbocycles. The Bertz CT molecular complexity index is 1460. The number of nitrogens with zero attached hydrogens (tertiary/aromatic N) is 1. The highest BCUT2D eigenvalue weighted by molar-refractivity contribution is 5.84. The molecule has 0 aliphatic carbocycles. The van der Waals surface area contributed by atoms with E-state index in [1.165, 1.54) is 18.2 Å². The van der Waals surface area contributed by atoms with Crippen molar-refractivity contribution >= 4 is 10.8 Å². The SMILES string of the molecule is CCCCOc1cc(F)c(CCc2ccc3c(F)c(CCc4cc(F)c(C#N)c(F)c4)ccc3c2)c(F)c1. The van der Waals surface area contributed by atoms with E-state index in [4.69, 9.17) is 10.00 Å². The number of hydrogen-bond donors (Lipinski definition) is 0. The molecule has 0 heterocycles. The second-order valence-electron chi connectivity index (χ2n) is 9.21. The number of ether oxygens (including phenoxy) is 1. The van der Waals surface area contributed by atoms with Gasteiger partial charge in [-0.2, -0.15) is 5.26 Å². The van der Waals surface area contributed by atoms with Crippen LogP contribution in [0.15, 0.2) is 54.6 Å². The molecule has 0 saturated heterocycles. The molecule has 38 heavy (non-hydrogen) atoms. The van der Waals surface area contributed by atoms with E-state index in [0.29, 0.717) is 34.9 Å². The molecule has 4 rings (SSSR count). The van der Waals surface area contributed by atoms with Crippen molar-refractivity contribution < 1.29 is 26.7 Å². The van der Waals surface area contributed by atoms with Gasteiger partial charge in [-0.05, 0) is 66.3 Å². The predicted molar refractivity (Wildman–Crippen MR) is 137 cm³/mol. The quantitative estimate of drug-likeness (QED) is 0.155. The van der Waals surface area contributed by atoms with Gasteiger partial charge in [0.25, 0.3) is 0 Å². The molecule has 0 fully saturated rings. The minimum atomic E-state index is -0.940. The zero-order valence-corrected chi connectivity index (χ0v) is 20.9. The maximum atomic E-state index is 15.2. The maximum Gasteiger partial charge on any atom is 0.144 e. The molecule has 0 atom stereocenters. The first-order chi connectivity index (χ1) is 18.3. The molecule has 0 N–H and O–H groups in total. The Hall–Kier alpha value is -3.92. The van der Waals surface area contributed by atoms with E-state index >= 15 is 4.39 Å². The standard InChI is InChI=1S/C31H26F5NO/c1-2-3-12-38-23-16-29(34)25(30(35)17-23)11-6-19-5-10-24-22(13-19)9-8-21(31(24)36)7-4-20-14-27(32)26(18-37)28(33)15-20/h5,8-10,13-17H,2-4,6-7,11-12H2,1H3. The van der Waals surface area contributed by atoms with Gasteiger partial charge in [0.15, 0.2) is 0 Å². The highest BCUT2D eigenvalue weighted by Gasteiger charge is 2.15. The first-order valence-corrected chi connectivity index (χ1v) is 12.5. The van der Waals surface area contributed by atoms with E-state index in [1.54, 1.807) is 30.3 Å². The zero-order valence-electron chi connectivity index (χ0n) is 20.9. The van der Waals surface area contributed by atoms with E-state index in [-0.39, 0.29) is 30.6 Å². The highest BCUT2D eigenvalue weighted by Crippen LogP contribution is 2.26. The van der Waals surface area contributed by atoms with Gasteiger partial charge in [0, 0.05) is 23.1 Å². The van der Waals surface area contributed by atoms with E-state index in [9.17, 15) is 17.6 Å². The van der Waals surface area contributed by atoms with Gasteiger partial charge in [-0.15, -0.1) is 0 Å². The molecule has 0 aromatic heterocycles. The van der Waals surface area contributed by atoms with E-state index < -0.39 is 34.6 Å². The molecule has 196 valence electrons. The summed E-state index contributed by atoms with van der Waals surface area (Å²) in [7, 11) is 0. The fourth-order valence-corrected chi connectivity index (χ4v) is 4.40. The first kappa shape index (κ1) is 27.1. The van der Waals surface area contributed by atoms with Crippen molar-refractivity contribution in [1.82, 2.24) is 0 Å². The highest BCUT2D eigenvalue weighted by atomic mass is 19.1. The van der Waals surface area contributed by atoms with Crippen LogP contribution in [0.5, 0.6) is 5.75 Å². The van der Waals surface area contributed by atoms with Crippen LogP contribution in [0.25, 0.3) is 10.8 Å². The Labute approximate surface area is 218 Å². The summed E-state index contributed by atoms with van der Waals surface area (Å²) in [6.45, 7) is 2.40. The normalized spacial score (nSPS) is 11.1. The average Bonchev–Trinajstić information content (AvgIpc) is 2.88. The lowest BCUT2D eigenvalue weighted by Gasteiger charge is -2.11. The Balaban J connectivity index is 1.45. The van der Waals surface area contributed by atoms with Gasteiger partial charge in [0.05, 0.1) is 6.61 Å². The number of halogens is 5. The first-order valence-electron chi connectivity index (χ1n) is 12.5. The number of unbranched alkanes of at least 4 members (excludes halogenated alkanes) is 1. The summed E-state index contributed by atoms with van der Waals surface area (Å²) >= 11 is 0. The maximum absolute atomic E-state index is 15.2. The molecule has 4 aromatic rings. The van der Waals surface area contributed by atoms with Crippen molar-refractivity contribution in [2.75, 3.05) is 6.61 Å². The van der Waals surface area contributed by atoms with Gasteiger partial charge in [0.1, 0.15) is 46.5 Å². The Morgan fingerprint density at radius 1 is 0.737 bits per heavy atom. The van der Waals surface area contributed by atoms with Crippen molar-refractivity contribution in [3.63, 3.8) is 0 Å². The number of aryl methyl sites for hydroxylation is 3. The third-order valence-corrected chi connectivity index (χ3v) is 6.54. The third-order valence-electron chi connectivity index (χ3n) is 6.54. The summed E-state index contributed by atoms with van der Waals surface area (Å²) in [5.74, 6) is -3.46. The van der Waals surface area contributed by atoms with Crippen LogP contribution in [0, 0.1) is 40.4 Å². The lowest BCUT2D eigenvalue weighted by Crippen LogP contribution is -2.03. The molecule has 0 spiro atoms. The van der Waals surface area contributed by atoms with Crippen molar-refractivity contribution in [3.05, 3.63) is 112 Å². The van der Waals surface area contributed by atoms with Crippen LogP contribution in [0.4, 0.5) is 22.0 Å². The van der Waals surface area contributed by atoms with Gasteiger partial charge in [-0.3, -0.25) is 0 Å². The van der Waals surface area contributed by atoms with Crippen molar-refractivity contribution in [2.45, 2.75) is 45.4 Å². The number of hydrogen-bond acceptors (Lipinski definition) is 2. The van der Waals surface area contributed by atoms with Crippen LogP contribution in [0.2, 0.25) is 0 Å². The molecular formula is C31H26F5NO. The fraction of sp³-hybridized carbons (Fsp3) is 0.258. The number of nitriles is 1. The van der Waals surface area contributed by atoms with Gasteiger partial charge in [0.2, 0.25) is 0 Å². The van der Waals surface area contributed by atoms with Gasteiger partial charge in [-0.25, -0.2) is 22.0 Å². The number of rotatable bonds is 10. The van der Waals surface area contributed by atoms with E-state index in [2.05, 4.69) is 0 Å². The van der Waals surface area contributed by atoms with Gasteiger partial charge in [-0.1, -0.05) is 43.7 Å². The molecule has 2 nitrogen and oxygen atoms in total. The van der Waals surface area contributed by atoms with E-state index in [0.717, 1.165) is 30.5 Å². The molecule has 0 radical (unpaired) electrons. The van der Waals surface area contributed by atoms with Crippen LogP contribution in [0.3, 0.4) is 0 Å². The summed E-state index contributed by atoms with van der Waals surface area (Å²) in [6.07, 6.45) is 2.62. The minimum absolute atomic E-state index is 0.0230. The molecule has 0 aliphatic rings. The predicted octanol–water partition coefficient (Wildman–Crippen LogP) is 8.16. The summed E-state index contributed by atoms with van der Waals surface area (Å²) in [4.78, 5) is 0. The monoisotopic (exact) mass is 523 g/mol. The van der Waals surface area contributed by atoms with Crippen LogP contribution < -0.4 is 4.74 Å². The lowest BCUT2D eigenvalue weighted by atomic mass is 9.97. The van der Waals surface area contributed by atoms with E-state index in [1.807, 2.05) is 6.92 Å². The number of fused-ring (bicyclic) bond motifs is 1.